The number of guanidine groups is 1. The summed E-state index contributed by atoms with van der Waals surface area (Å²) in [7, 11) is 0. The predicted molar refractivity (Wildman–Crippen MR) is 129 cm³/mol. The lowest BCUT2D eigenvalue weighted by Gasteiger charge is -2.55. The molecule has 0 aromatic carbocycles. The van der Waals surface area contributed by atoms with Crippen LogP contribution in [-0.2, 0) is 9.53 Å². The van der Waals surface area contributed by atoms with E-state index in [1.165, 1.54) is 0 Å². The van der Waals surface area contributed by atoms with Gasteiger partial charge in [0.2, 0.25) is 5.91 Å². The third-order valence-electron chi connectivity index (χ3n) is 7.19. The van der Waals surface area contributed by atoms with E-state index in [-0.39, 0.29) is 35.3 Å². The lowest BCUT2D eigenvalue weighted by molar-refractivity contribution is -0.136. The van der Waals surface area contributed by atoms with Gasteiger partial charge in [0.15, 0.2) is 5.96 Å². The Labute approximate surface area is 194 Å². The fourth-order valence-corrected chi connectivity index (χ4v) is 5.39. The van der Waals surface area contributed by atoms with Crippen molar-refractivity contribution >= 4 is 35.8 Å². The van der Waals surface area contributed by atoms with Crippen LogP contribution in [0.15, 0.2) is 4.99 Å². The van der Waals surface area contributed by atoms with Crippen LogP contribution in [0.5, 0.6) is 0 Å². The number of nitrogens with zero attached hydrogens (tertiary/aromatic N) is 2. The number of fused-ring (bicyclic) bond motifs is 1. The molecule has 0 aromatic rings. The summed E-state index contributed by atoms with van der Waals surface area (Å²) in [4.78, 5) is 19.4. The molecule has 1 amide bonds. The normalized spacial score (nSPS) is 29.1. The molecule has 168 valence electrons. The first-order valence-electron chi connectivity index (χ1n) is 11.4. The van der Waals surface area contributed by atoms with Gasteiger partial charge in [-0.2, -0.15) is 0 Å². The van der Waals surface area contributed by atoms with Crippen LogP contribution in [0.1, 0.15) is 66.7 Å². The number of amides is 1. The maximum atomic E-state index is 12.6. The molecule has 0 spiro atoms. The number of aliphatic imine (C=N–C) groups is 1. The van der Waals surface area contributed by atoms with Crippen LogP contribution in [0.2, 0.25) is 0 Å². The molecule has 0 radical (unpaired) electrons. The molecule has 2 saturated heterocycles. The molecule has 3 aliphatic rings. The molecule has 1 saturated carbocycles. The van der Waals surface area contributed by atoms with Gasteiger partial charge in [-0.05, 0) is 39.0 Å². The lowest BCUT2D eigenvalue weighted by atomic mass is 9.57. The van der Waals surface area contributed by atoms with Crippen LogP contribution < -0.4 is 10.6 Å². The molecule has 3 fully saturated rings. The highest BCUT2D eigenvalue weighted by Crippen LogP contribution is 2.52. The number of hydrogen-bond donors (Lipinski definition) is 2. The summed E-state index contributed by atoms with van der Waals surface area (Å²) in [6, 6.07) is 0.789. The average molecular weight is 521 g/mol. The molecular weight excluding hydrogens is 479 g/mol. The first kappa shape index (κ1) is 24.7. The quantitative estimate of drug-likeness (QED) is 0.320. The number of halogens is 1. The van der Waals surface area contributed by atoms with E-state index in [0.717, 1.165) is 64.3 Å². The second kappa shape index (κ2) is 10.6. The number of piperidine rings is 1. The van der Waals surface area contributed by atoms with Gasteiger partial charge in [-0.3, -0.25) is 9.79 Å². The third kappa shape index (κ3) is 5.20. The van der Waals surface area contributed by atoms with Crippen LogP contribution in [0.4, 0.5) is 0 Å². The smallest absolute Gasteiger partial charge is 0.225 e. The Kier molecular flexibility index (Phi) is 9.06. The molecule has 1 aliphatic carbocycles. The Morgan fingerprint density at radius 1 is 1.14 bits per heavy atom. The molecule has 3 unspecified atom stereocenters. The zero-order valence-electron chi connectivity index (χ0n) is 18.9. The maximum absolute atomic E-state index is 12.6. The monoisotopic (exact) mass is 520 g/mol. The van der Waals surface area contributed by atoms with Gasteiger partial charge >= 0.3 is 0 Å². The van der Waals surface area contributed by atoms with E-state index < -0.39 is 0 Å². The molecule has 2 N–H and O–H groups in total. The molecule has 3 atom stereocenters. The predicted octanol–water partition coefficient (Wildman–Crippen LogP) is 3.40. The SMILES string of the molecule is CCN=C(NC1CCN(C(=O)C(CC)CC)CC1)NC1C2CCOC2C1(C)C.I. The van der Waals surface area contributed by atoms with Crippen LogP contribution in [-0.4, -0.2) is 61.2 Å². The zero-order chi connectivity index (χ0) is 20.3. The third-order valence-corrected chi connectivity index (χ3v) is 7.19. The van der Waals surface area contributed by atoms with Crippen LogP contribution in [0.25, 0.3) is 0 Å². The Hall–Kier alpha value is -0.570. The van der Waals surface area contributed by atoms with E-state index in [1.54, 1.807) is 0 Å². The standard InChI is InChI=1S/C22H40N4O2.HI/c1-6-15(7-2)20(27)26-12-9-16(10-13-26)24-21(23-8-3)25-18-17-11-14-28-19(17)22(18,4)5;/h15-19H,6-14H2,1-5H3,(H2,23,24,25);1H. The van der Waals surface area contributed by atoms with Gasteiger partial charge in [0.1, 0.15) is 0 Å². The van der Waals surface area contributed by atoms with Gasteiger partial charge in [0.05, 0.1) is 6.10 Å². The summed E-state index contributed by atoms with van der Waals surface area (Å²) < 4.78 is 5.92. The molecule has 3 rings (SSSR count). The summed E-state index contributed by atoms with van der Waals surface area (Å²) in [5.74, 6) is 2.05. The molecule has 0 bridgehead atoms. The lowest BCUT2D eigenvalue weighted by Crippen LogP contribution is -2.68. The molecular formula is C22H41IN4O2. The van der Waals surface area contributed by atoms with Crippen molar-refractivity contribution in [3.63, 3.8) is 0 Å². The van der Waals surface area contributed by atoms with Crippen LogP contribution in [0.3, 0.4) is 0 Å². The number of nitrogens with one attached hydrogen (secondary N) is 2. The second-order valence-electron chi connectivity index (χ2n) is 9.27. The van der Waals surface area contributed by atoms with Gasteiger partial charge in [0, 0.05) is 55.6 Å². The number of hydrogen-bond acceptors (Lipinski definition) is 3. The minimum Gasteiger partial charge on any atom is -0.377 e. The first-order valence-corrected chi connectivity index (χ1v) is 11.4. The van der Waals surface area contributed by atoms with Crippen molar-refractivity contribution in [3.05, 3.63) is 0 Å². The van der Waals surface area contributed by atoms with Gasteiger partial charge < -0.3 is 20.3 Å². The zero-order valence-corrected chi connectivity index (χ0v) is 21.2. The molecule has 29 heavy (non-hydrogen) atoms. The highest BCUT2D eigenvalue weighted by atomic mass is 127. The summed E-state index contributed by atoms with van der Waals surface area (Å²) in [5.41, 5.74) is 0.141. The molecule has 2 aliphatic heterocycles. The number of likely N-dealkylation sites (tertiary alicyclic amines) is 1. The second-order valence-corrected chi connectivity index (χ2v) is 9.27. The van der Waals surface area contributed by atoms with Crippen molar-refractivity contribution in [2.24, 2.45) is 22.2 Å². The number of ether oxygens (including phenoxy) is 1. The number of carbonyl (C=O) groups excluding carboxylic acids is 1. The summed E-state index contributed by atoms with van der Waals surface area (Å²) in [5, 5.41) is 7.36. The van der Waals surface area contributed by atoms with Crippen LogP contribution in [0, 0.1) is 17.3 Å². The van der Waals surface area contributed by atoms with Crippen molar-refractivity contribution in [2.45, 2.75) is 84.9 Å². The molecule has 2 heterocycles. The number of rotatable bonds is 6. The Morgan fingerprint density at radius 2 is 1.79 bits per heavy atom. The van der Waals surface area contributed by atoms with Gasteiger partial charge in [-0.15, -0.1) is 24.0 Å². The minimum atomic E-state index is 0. The fourth-order valence-electron chi connectivity index (χ4n) is 5.39. The van der Waals surface area contributed by atoms with Crippen molar-refractivity contribution in [2.75, 3.05) is 26.2 Å². The fraction of sp³-hybridized carbons (Fsp3) is 0.909. The van der Waals surface area contributed by atoms with Gasteiger partial charge in [-0.25, -0.2) is 0 Å². The van der Waals surface area contributed by atoms with E-state index in [9.17, 15) is 4.79 Å². The van der Waals surface area contributed by atoms with Crippen molar-refractivity contribution in [1.29, 1.82) is 0 Å². The Balaban J connectivity index is 0.00000300. The number of carbonyl (C=O) groups is 1. The largest absolute Gasteiger partial charge is 0.377 e. The van der Waals surface area contributed by atoms with E-state index >= 15 is 0 Å². The summed E-state index contributed by atoms with van der Waals surface area (Å²) in [6.07, 6.45) is 5.37. The van der Waals surface area contributed by atoms with Crippen molar-refractivity contribution in [3.8, 4) is 0 Å². The van der Waals surface area contributed by atoms with Crippen molar-refractivity contribution in [1.82, 2.24) is 15.5 Å². The van der Waals surface area contributed by atoms with Crippen LogP contribution >= 0.6 is 24.0 Å². The minimum absolute atomic E-state index is 0. The Bertz CT molecular complexity index is 571. The highest BCUT2D eigenvalue weighted by molar-refractivity contribution is 14.0. The molecule has 6 nitrogen and oxygen atoms in total. The molecule has 7 heteroatoms. The summed E-state index contributed by atoms with van der Waals surface area (Å²) >= 11 is 0. The van der Waals surface area contributed by atoms with E-state index in [0.29, 0.717) is 30.0 Å². The van der Waals surface area contributed by atoms with Gasteiger partial charge in [-0.1, -0.05) is 27.7 Å². The average Bonchev–Trinajstić information content (AvgIpc) is 3.15. The van der Waals surface area contributed by atoms with E-state index in [4.69, 9.17) is 9.73 Å². The Morgan fingerprint density at radius 3 is 2.38 bits per heavy atom. The van der Waals surface area contributed by atoms with Crippen molar-refractivity contribution < 1.29 is 9.53 Å². The topological polar surface area (TPSA) is 66.0 Å². The molecule has 0 aromatic heterocycles. The first-order chi connectivity index (χ1) is 13.4. The van der Waals surface area contributed by atoms with Gasteiger partial charge in [0.25, 0.3) is 0 Å². The van der Waals surface area contributed by atoms with E-state index in [1.807, 2.05) is 0 Å². The van der Waals surface area contributed by atoms with E-state index in [2.05, 4.69) is 50.2 Å². The maximum Gasteiger partial charge on any atom is 0.225 e. The highest BCUT2D eigenvalue weighted by Gasteiger charge is 2.59. The summed E-state index contributed by atoms with van der Waals surface area (Å²) in [6.45, 7) is 14.2.